The van der Waals surface area contributed by atoms with Crippen molar-refractivity contribution in [2.75, 3.05) is 38.8 Å². The molecule has 1 unspecified atom stereocenters. The van der Waals surface area contributed by atoms with Crippen molar-refractivity contribution in [3.8, 4) is 11.6 Å². The average molecular weight is 281 g/mol. The second-order valence-corrected chi connectivity index (χ2v) is 4.65. The number of carbonyl (C=O) groups is 1. The fourth-order valence-corrected chi connectivity index (χ4v) is 2.35. The van der Waals surface area contributed by atoms with Gasteiger partial charge in [-0.25, -0.2) is 4.79 Å². The molecule has 0 spiro atoms. The lowest BCUT2D eigenvalue weighted by atomic mass is 10.2. The van der Waals surface area contributed by atoms with Crippen molar-refractivity contribution < 1.29 is 19.4 Å². The van der Waals surface area contributed by atoms with Crippen molar-refractivity contribution in [2.45, 2.75) is 13.0 Å². The highest BCUT2D eigenvalue weighted by Gasteiger charge is 2.28. The molecule has 0 saturated carbocycles. The van der Waals surface area contributed by atoms with E-state index in [1.54, 1.807) is 20.3 Å². The van der Waals surface area contributed by atoms with E-state index < -0.39 is 6.09 Å². The third-order valence-corrected chi connectivity index (χ3v) is 3.42. The predicted octanol–water partition coefficient (Wildman–Crippen LogP) is 1.29. The van der Waals surface area contributed by atoms with E-state index in [0.29, 0.717) is 31.3 Å². The van der Waals surface area contributed by atoms with Gasteiger partial charge >= 0.3 is 6.09 Å². The van der Waals surface area contributed by atoms with E-state index in [1.165, 1.54) is 4.90 Å². The summed E-state index contributed by atoms with van der Waals surface area (Å²) in [7, 11) is 3.10. The molecule has 0 aromatic carbocycles. The number of methoxy groups -OCH3 is 2. The fraction of sp³-hybridized carbons (Fsp3) is 0.538. The van der Waals surface area contributed by atoms with Crippen LogP contribution in [0.5, 0.6) is 11.6 Å². The molecular formula is C13H19N3O4. The summed E-state index contributed by atoms with van der Waals surface area (Å²) in [4.78, 5) is 18.9. The summed E-state index contributed by atoms with van der Waals surface area (Å²) in [6.45, 7) is 3.57. The number of amides is 1. The minimum atomic E-state index is -0.877. The van der Waals surface area contributed by atoms with Gasteiger partial charge < -0.3 is 24.4 Å². The Morgan fingerprint density at radius 1 is 1.35 bits per heavy atom. The van der Waals surface area contributed by atoms with Crippen molar-refractivity contribution >= 4 is 11.9 Å². The van der Waals surface area contributed by atoms with E-state index in [0.717, 1.165) is 5.82 Å². The van der Waals surface area contributed by atoms with Crippen molar-refractivity contribution in [2.24, 2.45) is 0 Å². The van der Waals surface area contributed by atoms with Gasteiger partial charge in [0.25, 0.3) is 5.88 Å². The third kappa shape index (κ3) is 2.71. The van der Waals surface area contributed by atoms with E-state index in [2.05, 4.69) is 4.98 Å². The van der Waals surface area contributed by atoms with Crippen LogP contribution in [0.3, 0.4) is 0 Å². The number of anilines is 1. The normalized spacial score (nSPS) is 18.9. The summed E-state index contributed by atoms with van der Waals surface area (Å²) < 4.78 is 10.3. The number of piperazine rings is 1. The number of aromatic nitrogens is 1. The smallest absolute Gasteiger partial charge is 0.407 e. The first-order valence-electron chi connectivity index (χ1n) is 6.40. The van der Waals surface area contributed by atoms with Crippen LogP contribution in [0.25, 0.3) is 0 Å². The number of hydrogen-bond acceptors (Lipinski definition) is 5. The maximum Gasteiger partial charge on any atom is 0.407 e. The lowest BCUT2D eigenvalue weighted by Crippen LogP contribution is -2.53. The molecule has 1 aliphatic heterocycles. The topological polar surface area (TPSA) is 75.1 Å². The molecule has 2 rings (SSSR count). The Bertz CT molecular complexity index is 495. The first-order chi connectivity index (χ1) is 9.56. The second-order valence-electron chi connectivity index (χ2n) is 4.65. The van der Waals surface area contributed by atoms with E-state index in [9.17, 15) is 4.79 Å². The molecule has 0 bridgehead atoms. The highest BCUT2D eigenvalue weighted by molar-refractivity contribution is 5.66. The molecule has 1 atom stereocenters. The lowest BCUT2D eigenvalue weighted by Gasteiger charge is -2.38. The second kappa shape index (κ2) is 5.85. The Labute approximate surface area is 117 Å². The quantitative estimate of drug-likeness (QED) is 0.899. The summed E-state index contributed by atoms with van der Waals surface area (Å²) in [6, 6.07) is 3.58. The van der Waals surface area contributed by atoms with Crippen LogP contribution in [0.15, 0.2) is 12.1 Å². The summed E-state index contributed by atoms with van der Waals surface area (Å²) in [5, 5.41) is 9.07. The number of nitrogens with zero attached hydrogens (tertiary/aromatic N) is 3. The van der Waals surface area contributed by atoms with Gasteiger partial charge in [0, 0.05) is 25.7 Å². The maximum atomic E-state index is 11.0. The molecule has 1 N–H and O–H groups in total. The highest BCUT2D eigenvalue weighted by atomic mass is 16.5. The first-order valence-corrected chi connectivity index (χ1v) is 6.40. The van der Waals surface area contributed by atoms with Crippen LogP contribution in [0.1, 0.15) is 6.92 Å². The maximum absolute atomic E-state index is 11.0. The molecule has 0 radical (unpaired) electrons. The van der Waals surface area contributed by atoms with Crippen molar-refractivity contribution in [3.63, 3.8) is 0 Å². The van der Waals surface area contributed by atoms with Gasteiger partial charge in [-0.05, 0) is 19.1 Å². The van der Waals surface area contributed by atoms with E-state index in [1.807, 2.05) is 17.9 Å². The molecule has 7 heteroatoms. The minimum absolute atomic E-state index is 0.0730. The Kier molecular flexibility index (Phi) is 4.16. The minimum Gasteiger partial charge on any atom is -0.491 e. The molecule has 1 aliphatic rings. The molecule has 20 heavy (non-hydrogen) atoms. The Morgan fingerprint density at radius 3 is 2.65 bits per heavy atom. The van der Waals surface area contributed by atoms with Gasteiger partial charge in [0.15, 0.2) is 5.75 Å². The van der Waals surface area contributed by atoms with E-state index in [-0.39, 0.29) is 6.04 Å². The van der Waals surface area contributed by atoms with Gasteiger partial charge in [-0.15, -0.1) is 0 Å². The predicted molar refractivity (Wildman–Crippen MR) is 73.7 cm³/mol. The molecule has 110 valence electrons. The summed E-state index contributed by atoms with van der Waals surface area (Å²) in [5.41, 5.74) is 0. The van der Waals surface area contributed by atoms with Crippen LogP contribution in [-0.4, -0.2) is 61.0 Å². The SMILES string of the molecule is COc1ccc(N2CCN(C(=O)O)C(C)C2)nc1OC. The molecule has 1 fully saturated rings. The number of hydrogen-bond donors (Lipinski definition) is 1. The largest absolute Gasteiger partial charge is 0.491 e. The molecular weight excluding hydrogens is 262 g/mol. The van der Waals surface area contributed by atoms with Gasteiger partial charge in [-0.3, -0.25) is 0 Å². The fourth-order valence-electron chi connectivity index (χ4n) is 2.35. The third-order valence-electron chi connectivity index (χ3n) is 3.42. The van der Waals surface area contributed by atoms with Crippen LogP contribution in [0.4, 0.5) is 10.6 Å². The molecule has 1 aromatic heterocycles. The molecule has 1 saturated heterocycles. The standard InChI is InChI=1S/C13H19N3O4/c1-9-8-15(6-7-16(9)13(17)18)11-5-4-10(19-2)12(14-11)20-3/h4-5,9H,6-8H2,1-3H3,(H,17,18). The van der Waals surface area contributed by atoms with Crippen LogP contribution < -0.4 is 14.4 Å². The number of rotatable bonds is 3. The van der Waals surface area contributed by atoms with Gasteiger partial charge in [0.05, 0.1) is 14.2 Å². The zero-order valence-corrected chi connectivity index (χ0v) is 11.9. The summed E-state index contributed by atoms with van der Waals surface area (Å²) in [6.07, 6.45) is -0.877. The first kappa shape index (κ1) is 14.2. The number of ether oxygens (including phenoxy) is 2. The van der Waals surface area contributed by atoms with Crippen LogP contribution in [0, 0.1) is 0 Å². The molecule has 7 nitrogen and oxygen atoms in total. The number of carboxylic acid groups (broad SMARTS) is 1. The van der Waals surface area contributed by atoms with Crippen molar-refractivity contribution in [1.29, 1.82) is 0 Å². The monoisotopic (exact) mass is 281 g/mol. The van der Waals surface area contributed by atoms with Gasteiger partial charge in [-0.1, -0.05) is 0 Å². The lowest BCUT2D eigenvalue weighted by molar-refractivity contribution is 0.122. The Hall–Kier alpha value is -2.18. The van der Waals surface area contributed by atoms with Crippen LogP contribution in [-0.2, 0) is 0 Å². The average Bonchev–Trinajstić information content (AvgIpc) is 2.45. The zero-order valence-electron chi connectivity index (χ0n) is 11.9. The number of pyridine rings is 1. The highest BCUT2D eigenvalue weighted by Crippen LogP contribution is 2.28. The van der Waals surface area contributed by atoms with Gasteiger partial charge in [0.2, 0.25) is 0 Å². The van der Waals surface area contributed by atoms with Gasteiger partial charge in [-0.2, -0.15) is 4.98 Å². The summed E-state index contributed by atoms with van der Waals surface area (Å²) in [5.74, 6) is 1.77. The van der Waals surface area contributed by atoms with Crippen molar-refractivity contribution in [3.05, 3.63) is 12.1 Å². The van der Waals surface area contributed by atoms with E-state index >= 15 is 0 Å². The van der Waals surface area contributed by atoms with Crippen LogP contribution >= 0.6 is 0 Å². The van der Waals surface area contributed by atoms with E-state index in [4.69, 9.17) is 14.6 Å². The molecule has 1 amide bonds. The zero-order chi connectivity index (χ0) is 14.7. The Morgan fingerprint density at radius 2 is 2.10 bits per heavy atom. The molecule has 0 aliphatic carbocycles. The van der Waals surface area contributed by atoms with Crippen LogP contribution in [0.2, 0.25) is 0 Å². The van der Waals surface area contributed by atoms with Crippen molar-refractivity contribution in [1.82, 2.24) is 9.88 Å². The molecule has 2 heterocycles. The van der Waals surface area contributed by atoms with Gasteiger partial charge in [0.1, 0.15) is 5.82 Å². The summed E-state index contributed by atoms with van der Waals surface area (Å²) >= 11 is 0. The Balaban J connectivity index is 2.15. The molecule has 1 aromatic rings.